The first-order valence-electron chi connectivity index (χ1n) is 14.2. The van der Waals surface area contributed by atoms with Crippen LogP contribution in [0.15, 0.2) is 76.0 Å². The van der Waals surface area contributed by atoms with Gasteiger partial charge in [0.1, 0.15) is 39.8 Å². The Morgan fingerprint density at radius 2 is 1.30 bits per heavy atom. The van der Waals surface area contributed by atoms with Crippen molar-refractivity contribution in [1.29, 1.82) is 0 Å². The lowest BCUT2D eigenvalue weighted by atomic mass is 9.95. The first-order valence-corrected chi connectivity index (χ1v) is 15.0. The number of esters is 1. The number of carbonyl (C=O) groups is 1. The van der Waals surface area contributed by atoms with Crippen LogP contribution in [0.3, 0.4) is 0 Å². The number of halogens is 1. The van der Waals surface area contributed by atoms with Crippen molar-refractivity contribution in [3.8, 4) is 51.3 Å². The molecule has 2 N–H and O–H groups in total. The molecule has 0 aliphatic heterocycles. The molecule has 0 aliphatic rings. The second-order valence-electron chi connectivity index (χ2n) is 10.2. The number of anilines is 1. The van der Waals surface area contributed by atoms with Gasteiger partial charge in [0.2, 0.25) is 0 Å². The molecule has 11 nitrogen and oxygen atoms in total. The zero-order valence-corrected chi connectivity index (χ0v) is 28.2. The van der Waals surface area contributed by atoms with Crippen LogP contribution in [0.2, 0.25) is 0 Å². The van der Waals surface area contributed by atoms with E-state index >= 15 is 0 Å². The third-order valence-electron chi connectivity index (χ3n) is 7.54. The van der Waals surface area contributed by atoms with Crippen molar-refractivity contribution >= 4 is 38.4 Å². The smallest absolute Gasteiger partial charge is 0.355 e. The van der Waals surface area contributed by atoms with Gasteiger partial charge in [0.25, 0.3) is 5.56 Å². The van der Waals surface area contributed by atoms with Gasteiger partial charge in [-0.25, -0.2) is 4.79 Å². The second kappa shape index (κ2) is 14.0. The fourth-order valence-electron chi connectivity index (χ4n) is 5.25. The number of nitrogens with zero attached hydrogens (tertiary/aromatic N) is 1. The molecule has 1 heterocycles. The van der Waals surface area contributed by atoms with E-state index in [4.69, 9.17) is 38.9 Å². The molecular weight excluding hydrogens is 672 g/mol. The van der Waals surface area contributed by atoms with Gasteiger partial charge in [-0.3, -0.25) is 9.36 Å². The zero-order valence-electron chi connectivity index (χ0n) is 26.6. The largest absolute Gasteiger partial charge is 0.497 e. The van der Waals surface area contributed by atoms with Gasteiger partial charge in [-0.05, 0) is 87.7 Å². The van der Waals surface area contributed by atoms with Crippen molar-refractivity contribution in [1.82, 2.24) is 4.57 Å². The van der Waals surface area contributed by atoms with Gasteiger partial charge in [0, 0.05) is 28.4 Å². The monoisotopic (exact) mass is 704 g/mol. The molecular formula is C35H33BrN2O9. The predicted octanol–water partition coefficient (Wildman–Crippen LogP) is 6.41. The number of hydrogen-bond acceptors (Lipinski definition) is 10. The first-order chi connectivity index (χ1) is 22.7. The molecule has 4 aromatic carbocycles. The fourth-order valence-corrected chi connectivity index (χ4v) is 5.81. The maximum absolute atomic E-state index is 14.5. The minimum absolute atomic E-state index is 0.0274. The van der Waals surface area contributed by atoms with Crippen molar-refractivity contribution in [2.45, 2.75) is 6.61 Å². The molecule has 1 aromatic heterocycles. The number of pyridine rings is 1. The molecule has 5 aromatic rings. The van der Waals surface area contributed by atoms with E-state index in [0.29, 0.717) is 66.9 Å². The number of nitrogens with two attached hydrogens (primary N) is 1. The van der Waals surface area contributed by atoms with Crippen molar-refractivity contribution in [2.24, 2.45) is 0 Å². The lowest BCUT2D eigenvalue weighted by molar-refractivity contribution is 0.0591. The third-order valence-corrected chi connectivity index (χ3v) is 8.32. The Bertz CT molecular complexity index is 1980. The summed E-state index contributed by atoms with van der Waals surface area (Å²) in [6.45, 7) is 0.107. The molecule has 0 amide bonds. The summed E-state index contributed by atoms with van der Waals surface area (Å²) >= 11 is 3.51. The van der Waals surface area contributed by atoms with Gasteiger partial charge in [-0.15, -0.1) is 0 Å². The maximum Gasteiger partial charge on any atom is 0.355 e. The SMILES string of the molecule is COC(=O)c1c(-c2cc(OC)c(Br)c(OC)c2)c2cc(OC)c(OCc3cc(OC)cc(OC)c3)cc2c(=O)n1-c1ccc(N)cc1. The molecule has 0 saturated heterocycles. The van der Waals surface area contributed by atoms with Crippen molar-refractivity contribution < 1.29 is 38.0 Å². The number of methoxy groups -OCH3 is 6. The first kappa shape index (κ1) is 33.0. The summed E-state index contributed by atoms with van der Waals surface area (Å²) in [7, 11) is 8.90. The van der Waals surface area contributed by atoms with E-state index in [-0.39, 0.29) is 17.7 Å². The summed E-state index contributed by atoms with van der Waals surface area (Å²) in [5.74, 6) is 1.95. The highest BCUT2D eigenvalue weighted by molar-refractivity contribution is 9.10. The Hall–Kier alpha value is -5.36. The van der Waals surface area contributed by atoms with Crippen LogP contribution in [0.25, 0.3) is 27.6 Å². The number of aromatic nitrogens is 1. The number of fused-ring (bicyclic) bond motifs is 1. The summed E-state index contributed by atoms with van der Waals surface area (Å²) in [5.41, 5.74) is 7.96. The van der Waals surface area contributed by atoms with E-state index in [1.165, 1.54) is 33.0 Å². The second-order valence-corrected chi connectivity index (χ2v) is 11.0. The predicted molar refractivity (Wildman–Crippen MR) is 182 cm³/mol. The molecule has 244 valence electrons. The number of rotatable bonds is 11. The molecule has 0 saturated carbocycles. The van der Waals surface area contributed by atoms with E-state index in [0.717, 1.165) is 5.56 Å². The number of hydrogen-bond donors (Lipinski definition) is 1. The minimum Gasteiger partial charge on any atom is -0.497 e. The normalized spacial score (nSPS) is 10.8. The van der Waals surface area contributed by atoms with Crippen LogP contribution in [-0.2, 0) is 11.3 Å². The Labute approximate surface area is 279 Å². The van der Waals surface area contributed by atoms with Crippen LogP contribution in [0.5, 0.6) is 34.5 Å². The van der Waals surface area contributed by atoms with Gasteiger partial charge >= 0.3 is 5.97 Å². The Morgan fingerprint density at radius 1 is 0.723 bits per heavy atom. The van der Waals surface area contributed by atoms with Crippen LogP contribution >= 0.6 is 15.9 Å². The molecule has 0 radical (unpaired) electrons. The van der Waals surface area contributed by atoms with E-state index in [1.54, 1.807) is 68.8 Å². The highest BCUT2D eigenvalue weighted by Crippen LogP contribution is 2.44. The lowest BCUT2D eigenvalue weighted by Gasteiger charge is -2.21. The number of nitrogen functional groups attached to an aromatic ring is 1. The molecule has 0 bridgehead atoms. The van der Waals surface area contributed by atoms with Gasteiger partial charge in [0.15, 0.2) is 11.5 Å². The topological polar surface area (TPSA) is 130 Å². The highest BCUT2D eigenvalue weighted by Gasteiger charge is 2.28. The summed E-state index contributed by atoms with van der Waals surface area (Å²) in [6, 6.07) is 18.7. The van der Waals surface area contributed by atoms with E-state index in [1.807, 2.05) is 12.1 Å². The molecule has 0 aliphatic carbocycles. The minimum atomic E-state index is -0.747. The van der Waals surface area contributed by atoms with E-state index in [9.17, 15) is 9.59 Å². The summed E-state index contributed by atoms with van der Waals surface area (Å²) < 4.78 is 41.2. The van der Waals surface area contributed by atoms with Crippen LogP contribution in [-0.4, -0.2) is 53.2 Å². The average molecular weight is 706 g/mol. The van der Waals surface area contributed by atoms with Gasteiger partial charge in [0.05, 0.1) is 48.0 Å². The quantitative estimate of drug-likeness (QED) is 0.122. The Morgan fingerprint density at radius 3 is 1.83 bits per heavy atom. The van der Waals surface area contributed by atoms with Crippen LogP contribution in [0.1, 0.15) is 16.1 Å². The number of benzene rings is 4. The molecule has 5 rings (SSSR count). The summed E-state index contributed by atoms with van der Waals surface area (Å²) in [5, 5.41) is 0.644. The van der Waals surface area contributed by atoms with E-state index in [2.05, 4.69) is 15.9 Å². The maximum atomic E-state index is 14.5. The standard InChI is InChI=1S/C35H33BrN2O9/c1-41-23-11-19(12-24(15-23)42-2)18-47-28-17-26-25(16-27(28)43-3)31(20-13-29(44-4)32(36)30(14-20)45-5)33(35(40)46-6)38(34(26)39)22-9-7-21(37)8-10-22/h7-17H,18,37H2,1-6H3. The molecule has 0 atom stereocenters. The highest BCUT2D eigenvalue weighted by atomic mass is 79.9. The van der Waals surface area contributed by atoms with Crippen LogP contribution < -0.4 is 39.7 Å². The Balaban J connectivity index is 1.85. The molecule has 0 unspecified atom stereocenters. The number of ether oxygens (including phenoxy) is 7. The lowest BCUT2D eigenvalue weighted by Crippen LogP contribution is -2.27. The molecule has 47 heavy (non-hydrogen) atoms. The third kappa shape index (κ3) is 6.36. The van der Waals surface area contributed by atoms with Crippen molar-refractivity contribution in [3.05, 3.63) is 92.8 Å². The molecule has 0 spiro atoms. The molecule has 12 heteroatoms. The van der Waals surface area contributed by atoms with Crippen LogP contribution in [0, 0.1) is 0 Å². The van der Waals surface area contributed by atoms with E-state index < -0.39 is 11.5 Å². The van der Waals surface area contributed by atoms with Gasteiger partial charge in [-0.1, -0.05) is 0 Å². The average Bonchev–Trinajstić information content (AvgIpc) is 3.10. The van der Waals surface area contributed by atoms with Crippen molar-refractivity contribution in [2.75, 3.05) is 48.4 Å². The summed E-state index contributed by atoms with van der Waals surface area (Å²) in [4.78, 5) is 28.1. The summed E-state index contributed by atoms with van der Waals surface area (Å²) in [6.07, 6.45) is 0. The van der Waals surface area contributed by atoms with Gasteiger partial charge in [-0.2, -0.15) is 0 Å². The van der Waals surface area contributed by atoms with Gasteiger partial charge < -0.3 is 38.9 Å². The molecule has 0 fully saturated rings. The fraction of sp³-hybridized carbons (Fsp3) is 0.200. The van der Waals surface area contributed by atoms with Crippen molar-refractivity contribution in [3.63, 3.8) is 0 Å². The van der Waals surface area contributed by atoms with Crippen LogP contribution in [0.4, 0.5) is 5.69 Å². The zero-order chi connectivity index (χ0) is 33.8. The Kier molecular flexibility index (Phi) is 9.80. The number of carbonyl (C=O) groups excluding carboxylic acids is 1.